The highest BCUT2D eigenvalue weighted by atomic mass is 16.5. The van der Waals surface area contributed by atoms with Crippen LogP contribution in [0.5, 0.6) is 0 Å². The third-order valence-electron chi connectivity index (χ3n) is 4.07. The van der Waals surface area contributed by atoms with E-state index in [1.54, 1.807) is 26.0 Å². The number of ether oxygens (including phenoxy) is 1. The molecular formula is C14H16O4. The van der Waals surface area contributed by atoms with Crippen molar-refractivity contribution in [2.45, 2.75) is 20.3 Å². The second-order valence-electron chi connectivity index (χ2n) is 5.06. The van der Waals surface area contributed by atoms with Gasteiger partial charge in [-0.2, -0.15) is 0 Å². The molecule has 96 valence electrons. The number of carbonyl (C=O) groups excluding carboxylic acids is 3. The van der Waals surface area contributed by atoms with Crippen LogP contribution in [0.25, 0.3) is 0 Å². The molecule has 2 aliphatic rings. The van der Waals surface area contributed by atoms with E-state index in [1.807, 2.05) is 0 Å². The molecule has 0 amide bonds. The summed E-state index contributed by atoms with van der Waals surface area (Å²) in [7, 11) is 1.29. The number of rotatable bonds is 1. The van der Waals surface area contributed by atoms with E-state index in [0.717, 1.165) is 0 Å². The molecule has 2 aliphatic carbocycles. The lowest BCUT2D eigenvalue weighted by Gasteiger charge is -2.43. The van der Waals surface area contributed by atoms with Crippen molar-refractivity contribution in [1.82, 2.24) is 0 Å². The van der Waals surface area contributed by atoms with Crippen molar-refractivity contribution < 1.29 is 19.1 Å². The van der Waals surface area contributed by atoms with Crippen molar-refractivity contribution in [1.29, 1.82) is 0 Å². The normalized spacial score (nSPS) is 34.9. The molecule has 4 nitrogen and oxygen atoms in total. The minimum Gasteiger partial charge on any atom is -0.469 e. The Labute approximate surface area is 106 Å². The highest BCUT2D eigenvalue weighted by Crippen LogP contribution is 2.47. The van der Waals surface area contributed by atoms with Gasteiger partial charge in [-0.25, -0.2) is 0 Å². The first kappa shape index (κ1) is 12.7. The summed E-state index contributed by atoms with van der Waals surface area (Å²) < 4.78 is 4.75. The Kier molecular flexibility index (Phi) is 2.97. The maximum atomic E-state index is 12.4. The molecule has 0 fully saturated rings. The van der Waals surface area contributed by atoms with Gasteiger partial charge in [-0.3, -0.25) is 14.4 Å². The second kappa shape index (κ2) is 4.19. The molecule has 0 aliphatic heterocycles. The van der Waals surface area contributed by atoms with Crippen molar-refractivity contribution in [2.24, 2.45) is 17.3 Å². The van der Waals surface area contributed by atoms with Crippen LogP contribution < -0.4 is 0 Å². The lowest BCUT2D eigenvalue weighted by atomic mass is 9.57. The topological polar surface area (TPSA) is 60.4 Å². The van der Waals surface area contributed by atoms with Crippen molar-refractivity contribution in [3.8, 4) is 0 Å². The average Bonchev–Trinajstić information content (AvgIpc) is 2.35. The molecule has 18 heavy (non-hydrogen) atoms. The summed E-state index contributed by atoms with van der Waals surface area (Å²) in [6.07, 6.45) is 5.36. The number of hydrogen-bond acceptors (Lipinski definition) is 4. The second-order valence-corrected chi connectivity index (χ2v) is 5.06. The minimum atomic E-state index is -1.00. The molecule has 0 aromatic carbocycles. The predicted octanol–water partition coefficient (Wildman–Crippen LogP) is 1.46. The molecule has 3 atom stereocenters. The van der Waals surface area contributed by atoms with Crippen LogP contribution in [0.15, 0.2) is 23.8 Å². The van der Waals surface area contributed by atoms with E-state index in [1.165, 1.54) is 13.2 Å². The van der Waals surface area contributed by atoms with Crippen molar-refractivity contribution in [2.75, 3.05) is 7.11 Å². The molecule has 0 radical (unpaired) electrons. The average molecular weight is 248 g/mol. The SMILES string of the molecule is COC(=O)C1C=CCC2C(=O)C=C(C)C(=O)C12C. The van der Waals surface area contributed by atoms with Crippen LogP contribution in [0, 0.1) is 17.3 Å². The zero-order valence-electron chi connectivity index (χ0n) is 10.7. The summed E-state index contributed by atoms with van der Waals surface area (Å²) >= 11 is 0. The Morgan fingerprint density at radius 3 is 2.72 bits per heavy atom. The van der Waals surface area contributed by atoms with E-state index >= 15 is 0 Å². The number of fused-ring (bicyclic) bond motifs is 1. The number of hydrogen-bond donors (Lipinski definition) is 0. The Morgan fingerprint density at radius 1 is 1.44 bits per heavy atom. The van der Waals surface area contributed by atoms with E-state index in [9.17, 15) is 14.4 Å². The van der Waals surface area contributed by atoms with Crippen LogP contribution in [0.4, 0.5) is 0 Å². The third kappa shape index (κ3) is 1.55. The summed E-state index contributed by atoms with van der Waals surface area (Å²) in [5, 5.41) is 0. The van der Waals surface area contributed by atoms with Gasteiger partial charge in [0.15, 0.2) is 11.6 Å². The van der Waals surface area contributed by atoms with Gasteiger partial charge < -0.3 is 4.74 Å². The van der Waals surface area contributed by atoms with Gasteiger partial charge in [0.05, 0.1) is 18.4 Å². The van der Waals surface area contributed by atoms with Gasteiger partial charge in [-0.1, -0.05) is 19.1 Å². The van der Waals surface area contributed by atoms with Gasteiger partial charge in [0.2, 0.25) is 0 Å². The van der Waals surface area contributed by atoms with Gasteiger partial charge in [0.1, 0.15) is 0 Å². The largest absolute Gasteiger partial charge is 0.469 e. The molecule has 0 N–H and O–H groups in total. The fraction of sp³-hybridized carbons (Fsp3) is 0.500. The number of esters is 1. The molecule has 0 saturated carbocycles. The molecule has 0 saturated heterocycles. The van der Waals surface area contributed by atoms with Crippen LogP contribution in [0.1, 0.15) is 20.3 Å². The zero-order valence-corrected chi connectivity index (χ0v) is 10.7. The number of carbonyl (C=O) groups is 3. The van der Waals surface area contributed by atoms with Crippen LogP contribution >= 0.6 is 0 Å². The lowest BCUT2D eigenvalue weighted by Crippen LogP contribution is -2.52. The number of ketones is 2. The lowest BCUT2D eigenvalue weighted by molar-refractivity contribution is -0.155. The van der Waals surface area contributed by atoms with E-state index < -0.39 is 23.2 Å². The first-order valence-corrected chi connectivity index (χ1v) is 5.94. The summed E-state index contributed by atoms with van der Waals surface area (Å²) in [6.45, 7) is 3.31. The number of methoxy groups -OCH3 is 1. The Bertz CT molecular complexity index is 486. The Hall–Kier alpha value is -1.71. The first-order chi connectivity index (χ1) is 8.42. The molecule has 0 aromatic heterocycles. The Morgan fingerprint density at radius 2 is 2.11 bits per heavy atom. The minimum absolute atomic E-state index is 0.0761. The van der Waals surface area contributed by atoms with Gasteiger partial charge in [0, 0.05) is 5.92 Å². The smallest absolute Gasteiger partial charge is 0.313 e. The quantitative estimate of drug-likeness (QED) is 0.520. The standard InChI is InChI=1S/C14H16O4/c1-8-7-11(15)9-5-4-6-10(13(17)18-3)14(9,2)12(8)16/h4,6-7,9-10H,5H2,1-3H3. The summed E-state index contributed by atoms with van der Waals surface area (Å²) in [6, 6.07) is 0. The maximum Gasteiger partial charge on any atom is 0.313 e. The fourth-order valence-corrected chi connectivity index (χ4v) is 2.98. The molecule has 4 heteroatoms. The highest BCUT2D eigenvalue weighted by Gasteiger charge is 2.55. The van der Waals surface area contributed by atoms with Gasteiger partial charge in [-0.05, 0) is 25.0 Å². The predicted molar refractivity (Wildman–Crippen MR) is 64.6 cm³/mol. The Balaban J connectivity index is 2.55. The van der Waals surface area contributed by atoms with Crippen LogP contribution in [-0.2, 0) is 19.1 Å². The van der Waals surface area contributed by atoms with Crippen molar-refractivity contribution >= 4 is 17.5 Å². The molecule has 2 rings (SSSR count). The van der Waals surface area contributed by atoms with Crippen LogP contribution in [0.2, 0.25) is 0 Å². The summed E-state index contributed by atoms with van der Waals surface area (Å²) in [5.41, 5.74) is -0.583. The number of Topliss-reactive ketones (excluding diaryl/α,β-unsaturated/α-hetero) is 1. The number of allylic oxidation sites excluding steroid dienone is 3. The van der Waals surface area contributed by atoms with Crippen LogP contribution in [0.3, 0.4) is 0 Å². The van der Waals surface area contributed by atoms with E-state index in [4.69, 9.17) is 4.74 Å². The maximum absolute atomic E-state index is 12.4. The van der Waals surface area contributed by atoms with E-state index in [2.05, 4.69) is 0 Å². The van der Waals surface area contributed by atoms with Gasteiger partial charge in [0.25, 0.3) is 0 Å². The van der Waals surface area contributed by atoms with Crippen molar-refractivity contribution in [3.63, 3.8) is 0 Å². The molecule has 3 unspecified atom stereocenters. The summed E-state index contributed by atoms with van der Waals surface area (Å²) in [4.78, 5) is 36.3. The fourth-order valence-electron chi connectivity index (χ4n) is 2.98. The van der Waals surface area contributed by atoms with E-state index in [0.29, 0.717) is 12.0 Å². The van der Waals surface area contributed by atoms with Crippen LogP contribution in [-0.4, -0.2) is 24.6 Å². The molecule has 0 heterocycles. The summed E-state index contributed by atoms with van der Waals surface area (Å²) in [5.74, 6) is -1.81. The molecular weight excluding hydrogens is 232 g/mol. The van der Waals surface area contributed by atoms with Gasteiger partial charge >= 0.3 is 5.97 Å². The van der Waals surface area contributed by atoms with Crippen molar-refractivity contribution in [3.05, 3.63) is 23.8 Å². The van der Waals surface area contributed by atoms with Gasteiger partial charge in [-0.15, -0.1) is 0 Å². The third-order valence-corrected chi connectivity index (χ3v) is 4.07. The highest BCUT2D eigenvalue weighted by molar-refractivity contribution is 6.14. The first-order valence-electron chi connectivity index (χ1n) is 5.94. The molecule has 0 bridgehead atoms. The monoisotopic (exact) mass is 248 g/mol. The molecule has 0 aromatic rings. The molecule has 0 spiro atoms. The van der Waals surface area contributed by atoms with E-state index in [-0.39, 0.29) is 11.6 Å². The zero-order chi connectivity index (χ0) is 13.5.